The molecule has 6 nitrogen and oxygen atoms in total. The first-order chi connectivity index (χ1) is 16.8. The summed E-state index contributed by atoms with van der Waals surface area (Å²) < 4.78 is 24.8. The van der Waals surface area contributed by atoms with Crippen molar-refractivity contribution in [3.63, 3.8) is 0 Å². The Hall–Kier alpha value is -3.07. The molecule has 1 atom stereocenters. The summed E-state index contributed by atoms with van der Waals surface area (Å²) >= 11 is 7.32. The maximum atomic E-state index is 13.5. The van der Waals surface area contributed by atoms with E-state index in [0.29, 0.717) is 33.9 Å². The van der Waals surface area contributed by atoms with Crippen LogP contribution in [0.5, 0.6) is 0 Å². The van der Waals surface area contributed by atoms with Gasteiger partial charge in [-0.05, 0) is 54.8 Å². The van der Waals surface area contributed by atoms with Gasteiger partial charge in [0.05, 0.1) is 5.75 Å². The van der Waals surface area contributed by atoms with E-state index in [1.54, 1.807) is 42.5 Å². The second-order valence-corrected chi connectivity index (χ2v) is 11.7. The van der Waals surface area contributed by atoms with Crippen molar-refractivity contribution in [2.24, 2.45) is 0 Å². The molecule has 0 bridgehead atoms. The lowest BCUT2D eigenvalue weighted by Gasteiger charge is -2.19. The largest absolute Gasteiger partial charge is 0.334 e. The lowest BCUT2D eigenvalue weighted by molar-refractivity contribution is -0.118. The van der Waals surface area contributed by atoms with Gasteiger partial charge in [-0.25, -0.2) is 8.42 Å². The van der Waals surface area contributed by atoms with Crippen LogP contribution in [0.4, 0.5) is 0 Å². The van der Waals surface area contributed by atoms with Crippen LogP contribution in [0.2, 0.25) is 5.02 Å². The van der Waals surface area contributed by atoms with Crippen molar-refractivity contribution in [1.29, 1.82) is 0 Å². The van der Waals surface area contributed by atoms with Gasteiger partial charge in [-0.3, -0.25) is 9.59 Å². The third kappa shape index (κ3) is 6.33. The fourth-order valence-electron chi connectivity index (χ4n) is 3.63. The highest BCUT2D eigenvalue weighted by atomic mass is 35.5. The summed E-state index contributed by atoms with van der Waals surface area (Å²) in [5.41, 5.74) is 1.04. The smallest absolute Gasteiger partial charge is 0.270 e. The number of amides is 2. The lowest BCUT2D eigenvalue weighted by atomic mass is 10.1. The summed E-state index contributed by atoms with van der Waals surface area (Å²) in [5.74, 6) is -1.11. The Bertz CT molecular complexity index is 1340. The van der Waals surface area contributed by atoms with Crippen LogP contribution in [0.3, 0.4) is 0 Å². The van der Waals surface area contributed by atoms with Crippen molar-refractivity contribution in [2.45, 2.75) is 23.1 Å². The number of rotatable bonds is 7. The summed E-state index contributed by atoms with van der Waals surface area (Å²) in [7, 11) is -3.44. The summed E-state index contributed by atoms with van der Waals surface area (Å²) in [5, 5.41) is 4.97. The minimum Gasteiger partial charge on any atom is -0.334 e. The zero-order valence-electron chi connectivity index (χ0n) is 18.6. The SMILES string of the molecule is O=C(N[C@@H]1CCCS1(=O)=O)/C(NC(=O)c1ccccc1)=C(\Sc1ccc(Cl)cc1)c1ccccc1. The second kappa shape index (κ2) is 11.1. The molecule has 0 spiro atoms. The molecule has 0 unspecified atom stereocenters. The second-order valence-electron chi connectivity index (χ2n) is 7.92. The van der Waals surface area contributed by atoms with E-state index in [0.717, 1.165) is 4.90 Å². The molecule has 0 saturated carbocycles. The predicted molar refractivity (Wildman–Crippen MR) is 140 cm³/mol. The monoisotopic (exact) mass is 526 g/mol. The highest BCUT2D eigenvalue weighted by Gasteiger charge is 2.34. The molecular formula is C26H23ClN2O4S2. The van der Waals surface area contributed by atoms with E-state index < -0.39 is 27.0 Å². The third-order valence-corrected chi connectivity index (χ3v) is 8.90. The highest BCUT2D eigenvalue weighted by Crippen LogP contribution is 2.37. The van der Waals surface area contributed by atoms with E-state index in [9.17, 15) is 18.0 Å². The van der Waals surface area contributed by atoms with Crippen LogP contribution in [-0.2, 0) is 14.6 Å². The van der Waals surface area contributed by atoms with E-state index in [-0.39, 0.29) is 11.4 Å². The summed E-state index contributed by atoms with van der Waals surface area (Å²) in [6.45, 7) is 0. The van der Waals surface area contributed by atoms with Gasteiger partial charge in [0.2, 0.25) is 0 Å². The quantitative estimate of drug-likeness (QED) is 0.338. The number of halogens is 1. The van der Waals surface area contributed by atoms with Crippen LogP contribution in [0.15, 0.2) is 95.5 Å². The number of nitrogens with one attached hydrogen (secondary N) is 2. The van der Waals surface area contributed by atoms with Gasteiger partial charge in [-0.1, -0.05) is 71.9 Å². The maximum absolute atomic E-state index is 13.5. The highest BCUT2D eigenvalue weighted by molar-refractivity contribution is 8.08. The third-order valence-electron chi connectivity index (χ3n) is 5.42. The molecule has 1 aliphatic heterocycles. The van der Waals surface area contributed by atoms with Gasteiger partial charge in [-0.2, -0.15) is 0 Å². The summed E-state index contributed by atoms with van der Waals surface area (Å²) in [4.78, 5) is 27.9. The molecule has 3 aromatic rings. The first kappa shape index (κ1) is 25.0. The average Bonchev–Trinajstić information content (AvgIpc) is 3.20. The van der Waals surface area contributed by atoms with Gasteiger partial charge in [0.25, 0.3) is 11.8 Å². The van der Waals surface area contributed by atoms with Crippen LogP contribution in [0.25, 0.3) is 4.91 Å². The van der Waals surface area contributed by atoms with E-state index in [4.69, 9.17) is 11.6 Å². The Balaban J connectivity index is 1.79. The van der Waals surface area contributed by atoms with Crippen LogP contribution < -0.4 is 10.6 Å². The first-order valence-electron chi connectivity index (χ1n) is 11.0. The minimum atomic E-state index is -3.44. The standard InChI is InChI=1S/C26H23ClN2O4S2/c27-20-13-15-21(16-14-20)34-24(18-8-3-1-4-9-18)23(29-25(30)19-10-5-2-6-11-19)26(31)28-22-12-7-17-35(22,32)33/h1-6,8-11,13-16,22H,7,12,17H2,(H,28,31)(H,29,30)/b24-23+/t22-/m0/s1. The Morgan fingerprint density at radius 3 is 2.03 bits per heavy atom. The van der Waals surface area contributed by atoms with Crippen molar-refractivity contribution >= 4 is 49.9 Å². The topological polar surface area (TPSA) is 92.3 Å². The molecule has 180 valence electrons. The Kier molecular flexibility index (Phi) is 7.95. The van der Waals surface area contributed by atoms with Gasteiger partial charge in [0, 0.05) is 20.4 Å². The molecule has 4 rings (SSSR count). The Labute approximate surface area is 213 Å². The van der Waals surface area contributed by atoms with Crippen molar-refractivity contribution in [3.8, 4) is 0 Å². The van der Waals surface area contributed by atoms with Crippen molar-refractivity contribution < 1.29 is 18.0 Å². The summed E-state index contributed by atoms with van der Waals surface area (Å²) in [6.07, 6.45) is 0.812. The van der Waals surface area contributed by atoms with Crippen LogP contribution in [-0.4, -0.2) is 31.4 Å². The maximum Gasteiger partial charge on any atom is 0.270 e. The molecule has 2 amide bonds. The minimum absolute atomic E-state index is 0.0212. The average molecular weight is 527 g/mol. The van der Waals surface area contributed by atoms with E-state index >= 15 is 0 Å². The van der Waals surface area contributed by atoms with E-state index in [1.165, 1.54) is 11.8 Å². The van der Waals surface area contributed by atoms with Crippen LogP contribution in [0.1, 0.15) is 28.8 Å². The molecular weight excluding hydrogens is 504 g/mol. The Morgan fingerprint density at radius 2 is 1.46 bits per heavy atom. The van der Waals surface area contributed by atoms with E-state index in [1.807, 2.05) is 42.5 Å². The van der Waals surface area contributed by atoms with Gasteiger partial charge in [0.15, 0.2) is 9.84 Å². The van der Waals surface area contributed by atoms with Crippen LogP contribution >= 0.6 is 23.4 Å². The molecule has 2 N–H and O–H groups in total. The molecule has 0 aliphatic carbocycles. The molecule has 1 saturated heterocycles. The molecule has 1 heterocycles. The van der Waals surface area contributed by atoms with Gasteiger partial charge in [-0.15, -0.1) is 0 Å². The molecule has 0 aromatic heterocycles. The molecule has 0 radical (unpaired) electrons. The Morgan fingerprint density at radius 1 is 0.857 bits per heavy atom. The van der Waals surface area contributed by atoms with Crippen molar-refractivity contribution in [3.05, 3.63) is 107 Å². The molecule has 35 heavy (non-hydrogen) atoms. The zero-order valence-corrected chi connectivity index (χ0v) is 21.0. The van der Waals surface area contributed by atoms with Gasteiger partial charge in [0.1, 0.15) is 11.1 Å². The van der Waals surface area contributed by atoms with Gasteiger partial charge >= 0.3 is 0 Å². The van der Waals surface area contributed by atoms with E-state index in [2.05, 4.69) is 10.6 Å². The summed E-state index contributed by atoms with van der Waals surface area (Å²) in [6, 6.07) is 24.8. The number of hydrogen-bond acceptors (Lipinski definition) is 5. The van der Waals surface area contributed by atoms with Crippen LogP contribution in [0, 0.1) is 0 Å². The fourth-order valence-corrected chi connectivity index (χ4v) is 6.43. The molecule has 1 aliphatic rings. The number of carbonyl (C=O) groups excluding carboxylic acids is 2. The lowest BCUT2D eigenvalue weighted by Crippen LogP contribution is -2.42. The number of thioether (sulfide) groups is 1. The first-order valence-corrected chi connectivity index (χ1v) is 13.9. The van der Waals surface area contributed by atoms with Crippen molar-refractivity contribution in [2.75, 3.05) is 5.75 Å². The number of carbonyl (C=O) groups is 2. The number of sulfone groups is 1. The molecule has 3 aromatic carbocycles. The number of hydrogen-bond donors (Lipinski definition) is 2. The predicted octanol–water partition coefficient (Wildman–Crippen LogP) is 4.88. The molecule has 1 fully saturated rings. The van der Waals surface area contributed by atoms with Gasteiger partial charge < -0.3 is 10.6 Å². The normalized spacial score (nSPS) is 17.3. The molecule has 9 heteroatoms. The van der Waals surface area contributed by atoms with Crippen molar-refractivity contribution in [1.82, 2.24) is 10.6 Å². The number of benzene rings is 3. The zero-order chi connectivity index (χ0) is 24.8. The fraction of sp³-hybridized carbons (Fsp3) is 0.154.